The summed E-state index contributed by atoms with van der Waals surface area (Å²) in [7, 11) is 1.02. The van der Waals surface area contributed by atoms with Crippen LogP contribution in [0.2, 0.25) is 5.02 Å². The molecule has 27 heavy (non-hydrogen) atoms. The summed E-state index contributed by atoms with van der Waals surface area (Å²) >= 11 is 5.67. The maximum absolute atomic E-state index is 12.9. The molecule has 1 aromatic heterocycles. The highest BCUT2D eigenvalue weighted by molar-refractivity contribution is 6.32. The molecule has 1 amide bonds. The predicted molar refractivity (Wildman–Crippen MR) is 84.6 cm³/mol. The van der Waals surface area contributed by atoms with E-state index in [0.717, 1.165) is 25.2 Å². The van der Waals surface area contributed by atoms with E-state index in [1.165, 1.54) is 6.92 Å². The van der Waals surface area contributed by atoms with Crippen molar-refractivity contribution in [2.45, 2.75) is 19.2 Å². The average molecular weight is 408 g/mol. The summed E-state index contributed by atoms with van der Waals surface area (Å²) in [4.78, 5) is 21.2. The van der Waals surface area contributed by atoms with Gasteiger partial charge in [0.1, 0.15) is 10.8 Å². The highest BCUT2D eigenvalue weighted by atomic mass is 35.5. The Morgan fingerprint density at radius 1 is 1.44 bits per heavy atom. The monoisotopic (exact) mass is 407 g/mol. The number of nitro groups is 1. The lowest BCUT2D eigenvalue weighted by atomic mass is 10.2. The first-order valence-electron chi connectivity index (χ1n) is 7.10. The molecule has 1 N–H and O–H groups in total. The number of carbonyl (C=O) groups is 1. The van der Waals surface area contributed by atoms with Crippen molar-refractivity contribution in [3.63, 3.8) is 0 Å². The normalized spacial score (nSPS) is 12.5. The molecular formula is C14H11ClF3N4O5. The molecule has 0 aliphatic heterocycles. The number of benzene rings is 1. The smallest absolute Gasteiger partial charge is 0.434 e. The Bertz CT molecular complexity index is 900. The van der Waals surface area contributed by atoms with Crippen LogP contribution >= 0.6 is 11.6 Å². The van der Waals surface area contributed by atoms with Crippen molar-refractivity contribution in [3.05, 3.63) is 39.0 Å². The molecule has 1 heterocycles. The molecule has 2 rings (SSSR count). The van der Waals surface area contributed by atoms with Crippen LogP contribution in [0.25, 0.3) is 0 Å². The largest absolute Gasteiger partial charge is 0.474 e. The van der Waals surface area contributed by atoms with Gasteiger partial charge in [-0.05, 0) is 13.0 Å². The van der Waals surface area contributed by atoms with Crippen LogP contribution in [-0.4, -0.2) is 26.7 Å². The number of nitrogens with zero attached hydrogens (tertiary/aromatic N) is 3. The second kappa shape index (κ2) is 7.31. The molecule has 0 aliphatic rings. The van der Waals surface area contributed by atoms with Crippen LogP contribution in [0, 0.1) is 10.1 Å². The van der Waals surface area contributed by atoms with Gasteiger partial charge < -0.3 is 9.47 Å². The highest BCUT2D eigenvalue weighted by Crippen LogP contribution is 2.41. The molecule has 1 unspecified atom stereocenters. The van der Waals surface area contributed by atoms with E-state index in [1.807, 2.05) is 0 Å². The van der Waals surface area contributed by atoms with Gasteiger partial charge in [0.2, 0.25) is 5.75 Å². The number of carbonyl (C=O) groups excluding carboxylic acids is 1. The zero-order valence-electron chi connectivity index (χ0n) is 13.7. The topological polar surface area (TPSA) is 120 Å². The zero-order chi connectivity index (χ0) is 20.5. The van der Waals surface area contributed by atoms with Gasteiger partial charge in [0.05, 0.1) is 4.92 Å². The van der Waals surface area contributed by atoms with E-state index in [-0.39, 0.29) is 5.75 Å². The lowest BCUT2D eigenvalue weighted by molar-refractivity contribution is -0.386. The van der Waals surface area contributed by atoms with Crippen LogP contribution in [0.5, 0.6) is 17.4 Å². The zero-order valence-corrected chi connectivity index (χ0v) is 14.5. The van der Waals surface area contributed by atoms with Gasteiger partial charge in [0, 0.05) is 19.2 Å². The molecule has 9 nitrogen and oxygen atoms in total. The Hall–Kier alpha value is -3.02. The minimum absolute atomic E-state index is 0.172. The maximum atomic E-state index is 12.9. The van der Waals surface area contributed by atoms with Crippen molar-refractivity contribution < 1.29 is 32.4 Å². The Morgan fingerprint density at radius 3 is 2.56 bits per heavy atom. The van der Waals surface area contributed by atoms with Gasteiger partial charge in [0.15, 0.2) is 11.8 Å². The summed E-state index contributed by atoms with van der Waals surface area (Å²) in [6, 6.07) is 3.04. The number of hydrogen-bond donors (Lipinski definition) is 0. The molecule has 0 spiro atoms. The molecule has 2 aromatic rings. The maximum Gasteiger partial charge on any atom is 0.434 e. The first kappa shape index (κ1) is 20.3. The summed E-state index contributed by atoms with van der Waals surface area (Å²) in [6.45, 7) is 1.21. The number of aromatic nitrogens is 2. The number of rotatable bonds is 6. The quantitative estimate of drug-likeness (QED) is 0.534. The van der Waals surface area contributed by atoms with Crippen molar-refractivity contribution in [1.82, 2.24) is 15.5 Å². The highest BCUT2D eigenvalue weighted by Gasteiger charge is 2.39. The predicted octanol–water partition coefficient (Wildman–Crippen LogP) is 3.37. The summed E-state index contributed by atoms with van der Waals surface area (Å²) < 4.78 is 49.6. The number of nitro benzene ring substituents is 1. The number of amides is 1. The Kier molecular flexibility index (Phi) is 5.49. The van der Waals surface area contributed by atoms with E-state index in [9.17, 15) is 28.1 Å². The Balaban J connectivity index is 2.41. The van der Waals surface area contributed by atoms with Crippen LogP contribution in [0.15, 0.2) is 18.2 Å². The second-order valence-corrected chi connectivity index (χ2v) is 5.58. The molecule has 0 saturated carbocycles. The van der Waals surface area contributed by atoms with Crippen molar-refractivity contribution in [1.29, 1.82) is 0 Å². The minimum atomic E-state index is -4.77. The summed E-state index contributed by atoms with van der Waals surface area (Å²) in [6.07, 6.45) is -6.08. The molecule has 0 aliphatic carbocycles. The molecule has 0 bridgehead atoms. The first-order chi connectivity index (χ1) is 12.4. The number of alkyl halides is 3. The van der Waals surface area contributed by atoms with E-state index in [0.29, 0.717) is 4.68 Å². The molecule has 145 valence electrons. The molecule has 0 fully saturated rings. The number of nitrogens with one attached hydrogen (secondary N) is 1. The second-order valence-electron chi connectivity index (χ2n) is 5.20. The lowest BCUT2D eigenvalue weighted by Gasteiger charge is -2.12. The third-order valence-corrected chi connectivity index (χ3v) is 3.58. The van der Waals surface area contributed by atoms with Gasteiger partial charge in [0.25, 0.3) is 11.8 Å². The van der Waals surface area contributed by atoms with E-state index in [1.54, 1.807) is 0 Å². The fourth-order valence-corrected chi connectivity index (χ4v) is 2.31. The number of hydrogen-bond acceptors (Lipinski definition) is 6. The van der Waals surface area contributed by atoms with Gasteiger partial charge in [-0.3, -0.25) is 25.3 Å². The molecule has 1 atom stereocenters. The number of ether oxygens (including phenoxy) is 2. The van der Waals surface area contributed by atoms with Crippen LogP contribution < -0.4 is 15.2 Å². The summed E-state index contributed by atoms with van der Waals surface area (Å²) in [5.74, 6) is -2.28. The summed E-state index contributed by atoms with van der Waals surface area (Å²) in [5.41, 5.74) is 5.20. The standard InChI is InChI=1S/C14H11ClF3N4O5/c1-6(12(19)23)26-9-5-7(3-4-8(9)22(24)25)27-13-10(15)11(14(16,17)18)21(2)20-13/h3-6,19H,1-2H3. The van der Waals surface area contributed by atoms with Crippen LogP contribution in [0.3, 0.4) is 0 Å². The fourth-order valence-electron chi connectivity index (χ4n) is 2.01. The molecule has 13 heteroatoms. The van der Waals surface area contributed by atoms with Crippen molar-refractivity contribution in [2.24, 2.45) is 7.05 Å². The summed E-state index contributed by atoms with van der Waals surface area (Å²) in [5, 5.41) is 13.8. The van der Waals surface area contributed by atoms with Gasteiger partial charge in [-0.15, -0.1) is 5.10 Å². The number of aryl methyl sites for hydroxylation is 1. The number of halogens is 4. The SMILES string of the molecule is CC(Oc1cc(Oc2nn(C)c(C(F)(F)F)c2Cl)ccc1[N+](=O)[O-])C([NH])=O. The van der Waals surface area contributed by atoms with E-state index >= 15 is 0 Å². The van der Waals surface area contributed by atoms with E-state index in [2.05, 4.69) is 5.10 Å². The Labute approximate surface area is 154 Å². The van der Waals surface area contributed by atoms with Gasteiger partial charge in [-0.2, -0.15) is 13.2 Å². The third-order valence-electron chi connectivity index (χ3n) is 3.24. The van der Waals surface area contributed by atoms with Gasteiger partial charge in [-0.1, -0.05) is 11.6 Å². The molecule has 1 radical (unpaired) electrons. The molecule has 0 saturated heterocycles. The van der Waals surface area contributed by atoms with Crippen LogP contribution in [0.1, 0.15) is 12.6 Å². The average Bonchev–Trinajstić information content (AvgIpc) is 2.80. The van der Waals surface area contributed by atoms with Crippen molar-refractivity contribution >= 4 is 23.2 Å². The molecule has 1 aromatic carbocycles. The van der Waals surface area contributed by atoms with E-state index in [4.69, 9.17) is 26.8 Å². The van der Waals surface area contributed by atoms with Crippen molar-refractivity contribution in [2.75, 3.05) is 0 Å². The van der Waals surface area contributed by atoms with Gasteiger partial charge >= 0.3 is 11.9 Å². The van der Waals surface area contributed by atoms with Crippen molar-refractivity contribution in [3.8, 4) is 17.4 Å². The third kappa shape index (κ3) is 4.39. The van der Waals surface area contributed by atoms with Gasteiger partial charge in [-0.25, -0.2) is 0 Å². The fraction of sp³-hybridized carbons (Fsp3) is 0.286. The molecular weight excluding hydrogens is 397 g/mol. The van der Waals surface area contributed by atoms with E-state index < -0.39 is 51.1 Å². The first-order valence-corrected chi connectivity index (χ1v) is 7.47. The lowest BCUT2D eigenvalue weighted by Crippen LogP contribution is -2.24. The van der Waals surface area contributed by atoms with Crippen LogP contribution in [-0.2, 0) is 18.0 Å². The van der Waals surface area contributed by atoms with Crippen LogP contribution in [0.4, 0.5) is 18.9 Å². The minimum Gasteiger partial charge on any atom is -0.474 e. The Morgan fingerprint density at radius 2 is 2.07 bits per heavy atom.